The van der Waals surface area contributed by atoms with E-state index in [1.165, 1.54) is 18.4 Å². The highest BCUT2D eigenvalue weighted by molar-refractivity contribution is 5.83. The van der Waals surface area contributed by atoms with Gasteiger partial charge in [0.15, 0.2) is 5.65 Å². The predicted molar refractivity (Wildman–Crippen MR) is 105 cm³/mol. The SMILES string of the molecule is C1=C(c2ccn3ncc(C4CC4)c3n2)c2cnc(Nc3ccncc3)nc2C1. The first-order valence-corrected chi connectivity index (χ1v) is 9.43. The van der Waals surface area contributed by atoms with Crippen LogP contribution in [0.1, 0.15) is 41.3 Å². The molecule has 0 saturated heterocycles. The average molecular weight is 367 g/mol. The number of pyridine rings is 1. The van der Waals surface area contributed by atoms with Crippen molar-refractivity contribution in [2.75, 3.05) is 5.32 Å². The molecule has 0 radical (unpaired) electrons. The molecule has 4 aromatic rings. The molecule has 7 nitrogen and oxygen atoms in total. The van der Waals surface area contributed by atoms with Gasteiger partial charge < -0.3 is 5.32 Å². The fourth-order valence-corrected chi connectivity index (χ4v) is 3.69. The van der Waals surface area contributed by atoms with Gasteiger partial charge >= 0.3 is 0 Å². The fraction of sp³-hybridized carbons (Fsp3) is 0.190. The molecule has 7 heteroatoms. The molecule has 0 spiro atoms. The summed E-state index contributed by atoms with van der Waals surface area (Å²) in [5.41, 5.74) is 7.24. The first-order chi connectivity index (χ1) is 13.8. The van der Waals surface area contributed by atoms with Gasteiger partial charge in [-0.25, -0.2) is 19.5 Å². The third-order valence-electron chi connectivity index (χ3n) is 5.28. The van der Waals surface area contributed by atoms with Crippen molar-refractivity contribution >= 4 is 22.9 Å². The summed E-state index contributed by atoms with van der Waals surface area (Å²) in [6.45, 7) is 0. The first-order valence-electron chi connectivity index (χ1n) is 9.43. The van der Waals surface area contributed by atoms with Crippen molar-refractivity contribution in [3.63, 3.8) is 0 Å². The molecule has 1 saturated carbocycles. The highest BCUT2D eigenvalue weighted by Gasteiger charge is 2.28. The molecule has 1 fully saturated rings. The lowest BCUT2D eigenvalue weighted by atomic mass is 10.1. The standard InChI is InChI=1S/C21H17N7/c1-2-13(1)16-12-24-28-10-7-19(26-20(16)28)15-3-4-18-17(15)11-23-21(27-18)25-14-5-8-22-9-6-14/h3,5-13H,1-2,4H2,(H,22,23,25,27). The van der Waals surface area contributed by atoms with Crippen LogP contribution in [0.15, 0.2) is 55.3 Å². The zero-order valence-electron chi connectivity index (χ0n) is 15.1. The Morgan fingerprint density at radius 3 is 2.79 bits per heavy atom. The van der Waals surface area contributed by atoms with Gasteiger partial charge in [0.25, 0.3) is 0 Å². The molecule has 0 atom stereocenters. The normalized spacial score (nSPS) is 15.5. The second-order valence-electron chi connectivity index (χ2n) is 7.19. The molecule has 4 aromatic heterocycles. The highest BCUT2D eigenvalue weighted by atomic mass is 15.2. The van der Waals surface area contributed by atoms with Gasteiger partial charge in [-0.05, 0) is 37.0 Å². The fourth-order valence-electron chi connectivity index (χ4n) is 3.69. The Hall–Kier alpha value is -3.61. The maximum atomic E-state index is 4.92. The van der Waals surface area contributed by atoms with E-state index in [0.717, 1.165) is 40.3 Å². The lowest BCUT2D eigenvalue weighted by Crippen LogP contribution is -2.02. The summed E-state index contributed by atoms with van der Waals surface area (Å²) in [5.74, 6) is 1.21. The Morgan fingerprint density at radius 2 is 1.93 bits per heavy atom. The van der Waals surface area contributed by atoms with Crippen molar-refractivity contribution in [2.45, 2.75) is 25.2 Å². The van der Waals surface area contributed by atoms with Crippen molar-refractivity contribution in [3.8, 4) is 0 Å². The Morgan fingerprint density at radius 1 is 1.04 bits per heavy atom. The van der Waals surface area contributed by atoms with Crippen LogP contribution in [0.4, 0.5) is 11.6 Å². The maximum Gasteiger partial charge on any atom is 0.227 e. The molecule has 136 valence electrons. The quantitative estimate of drug-likeness (QED) is 0.594. The van der Waals surface area contributed by atoms with Gasteiger partial charge in [0, 0.05) is 53.6 Å². The van der Waals surface area contributed by atoms with Gasteiger partial charge in [0.1, 0.15) is 0 Å². The van der Waals surface area contributed by atoms with E-state index < -0.39 is 0 Å². The number of allylic oxidation sites excluding steroid dienone is 1. The van der Waals surface area contributed by atoms with E-state index in [0.29, 0.717) is 11.9 Å². The molecule has 0 unspecified atom stereocenters. The van der Waals surface area contributed by atoms with E-state index in [4.69, 9.17) is 9.97 Å². The number of nitrogens with zero attached hydrogens (tertiary/aromatic N) is 6. The second kappa shape index (κ2) is 5.95. The zero-order chi connectivity index (χ0) is 18.5. The van der Waals surface area contributed by atoms with E-state index in [1.54, 1.807) is 12.4 Å². The van der Waals surface area contributed by atoms with Crippen LogP contribution in [0.2, 0.25) is 0 Å². The summed E-state index contributed by atoms with van der Waals surface area (Å²) < 4.78 is 1.87. The minimum absolute atomic E-state index is 0.592. The molecule has 1 N–H and O–H groups in total. The van der Waals surface area contributed by atoms with Gasteiger partial charge in [-0.1, -0.05) is 6.08 Å². The number of hydrogen-bond donors (Lipinski definition) is 1. The molecule has 6 rings (SSSR count). The minimum atomic E-state index is 0.592. The molecule has 0 amide bonds. The number of nitrogens with one attached hydrogen (secondary N) is 1. The van der Waals surface area contributed by atoms with Crippen LogP contribution in [0, 0.1) is 0 Å². The van der Waals surface area contributed by atoms with Gasteiger partial charge in [-0.15, -0.1) is 0 Å². The van der Waals surface area contributed by atoms with Gasteiger partial charge in [-0.2, -0.15) is 5.10 Å². The van der Waals surface area contributed by atoms with Gasteiger partial charge in [0.2, 0.25) is 5.95 Å². The topological polar surface area (TPSA) is 80.9 Å². The lowest BCUT2D eigenvalue weighted by molar-refractivity contribution is 0.935. The van der Waals surface area contributed by atoms with Crippen molar-refractivity contribution in [1.29, 1.82) is 0 Å². The number of hydrogen-bond acceptors (Lipinski definition) is 6. The average Bonchev–Trinajstić information content (AvgIpc) is 3.35. The highest BCUT2D eigenvalue weighted by Crippen LogP contribution is 2.41. The number of fused-ring (bicyclic) bond motifs is 2. The smallest absolute Gasteiger partial charge is 0.227 e. The number of aromatic nitrogens is 6. The van der Waals surface area contributed by atoms with E-state index in [1.807, 2.05) is 41.3 Å². The third kappa shape index (κ3) is 2.55. The van der Waals surface area contributed by atoms with E-state index >= 15 is 0 Å². The van der Waals surface area contributed by atoms with Crippen LogP contribution in [-0.2, 0) is 6.42 Å². The van der Waals surface area contributed by atoms with E-state index in [-0.39, 0.29) is 0 Å². The van der Waals surface area contributed by atoms with Crippen LogP contribution < -0.4 is 5.32 Å². The second-order valence-corrected chi connectivity index (χ2v) is 7.19. The predicted octanol–water partition coefficient (Wildman–Crippen LogP) is 3.52. The van der Waals surface area contributed by atoms with Crippen LogP contribution in [0.25, 0.3) is 11.2 Å². The zero-order valence-corrected chi connectivity index (χ0v) is 15.1. The summed E-state index contributed by atoms with van der Waals surface area (Å²) in [6.07, 6.45) is 14.7. The van der Waals surface area contributed by atoms with Crippen molar-refractivity contribution in [2.24, 2.45) is 0 Å². The Balaban J connectivity index is 1.33. The Labute approximate surface area is 161 Å². The monoisotopic (exact) mass is 367 g/mol. The summed E-state index contributed by atoms with van der Waals surface area (Å²) in [4.78, 5) is 18.1. The van der Waals surface area contributed by atoms with E-state index in [9.17, 15) is 0 Å². The largest absolute Gasteiger partial charge is 0.324 e. The van der Waals surface area contributed by atoms with Crippen LogP contribution in [0.5, 0.6) is 0 Å². The minimum Gasteiger partial charge on any atom is -0.324 e. The Bertz CT molecular complexity index is 1220. The van der Waals surface area contributed by atoms with Gasteiger partial charge in [0.05, 0.1) is 17.6 Å². The van der Waals surface area contributed by atoms with Crippen LogP contribution in [0.3, 0.4) is 0 Å². The molecule has 0 bridgehead atoms. The Kier molecular flexibility index (Phi) is 3.28. The van der Waals surface area contributed by atoms with Crippen LogP contribution >= 0.6 is 0 Å². The summed E-state index contributed by atoms with van der Waals surface area (Å²) in [6, 6.07) is 5.80. The third-order valence-corrected chi connectivity index (χ3v) is 5.28. The van der Waals surface area contributed by atoms with Crippen molar-refractivity contribution in [1.82, 2.24) is 29.5 Å². The van der Waals surface area contributed by atoms with Gasteiger partial charge in [-0.3, -0.25) is 4.98 Å². The lowest BCUT2D eigenvalue weighted by Gasteiger charge is -2.08. The van der Waals surface area contributed by atoms with Crippen molar-refractivity contribution in [3.05, 3.63) is 77.8 Å². The molecule has 2 aliphatic rings. The number of rotatable bonds is 4. The molecule has 2 aliphatic carbocycles. The molecule has 4 heterocycles. The molecular weight excluding hydrogens is 350 g/mol. The summed E-state index contributed by atoms with van der Waals surface area (Å²) in [7, 11) is 0. The van der Waals surface area contributed by atoms with Crippen LogP contribution in [-0.4, -0.2) is 29.5 Å². The summed E-state index contributed by atoms with van der Waals surface area (Å²) in [5, 5.41) is 7.66. The van der Waals surface area contributed by atoms with Crippen molar-refractivity contribution < 1.29 is 0 Å². The molecule has 0 aromatic carbocycles. The summed E-state index contributed by atoms with van der Waals surface area (Å²) >= 11 is 0. The molecule has 0 aliphatic heterocycles. The first kappa shape index (κ1) is 15.4. The maximum absolute atomic E-state index is 4.92. The molecular formula is C21H17N7. The van der Waals surface area contributed by atoms with E-state index in [2.05, 4.69) is 26.5 Å². The number of anilines is 2. The molecule has 28 heavy (non-hydrogen) atoms.